The summed E-state index contributed by atoms with van der Waals surface area (Å²) in [7, 11) is 0. The van der Waals surface area contributed by atoms with E-state index in [-0.39, 0.29) is 12.1 Å². The molecule has 1 aliphatic carbocycles. The molecule has 0 aliphatic heterocycles. The van der Waals surface area contributed by atoms with Gasteiger partial charge in [-0.1, -0.05) is 24.4 Å². The highest BCUT2D eigenvalue weighted by molar-refractivity contribution is 6.30. The van der Waals surface area contributed by atoms with Crippen molar-refractivity contribution in [2.45, 2.75) is 44.2 Å². The summed E-state index contributed by atoms with van der Waals surface area (Å²) in [4.78, 5) is 0. The monoisotopic (exact) mass is 264 g/mol. The lowest BCUT2D eigenvalue weighted by atomic mass is 10.1. The van der Waals surface area contributed by atoms with Crippen LogP contribution in [0.25, 0.3) is 0 Å². The summed E-state index contributed by atoms with van der Waals surface area (Å²) in [5.41, 5.74) is 6.63. The van der Waals surface area contributed by atoms with Crippen molar-refractivity contribution in [3.8, 4) is 11.8 Å². The van der Waals surface area contributed by atoms with Gasteiger partial charge in [-0.2, -0.15) is 5.26 Å². The number of hydrogen-bond acceptors (Lipinski definition) is 3. The predicted molar refractivity (Wildman–Crippen MR) is 71.6 cm³/mol. The Morgan fingerprint density at radius 2 is 2.06 bits per heavy atom. The second-order valence-electron chi connectivity index (χ2n) is 4.71. The first kappa shape index (κ1) is 13.2. The molecule has 1 aliphatic rings. The maximum atomic E-state index is 9.06. The fourth-order valence-electron chi connectivity index (χ4n) is 2.30. The van der Waals surface area contributed by atoms with Gasteiger partial charge in [0.1, 0.15) is 17.9 Å². The number of halogens is 1. The van der Waals surface area contributed by atoms with E-state index in [4.69, 9.17) is 27.3 Å². The van der Waals surface area contributed by atoms with Crippen molar-refractivity contribution in [3.05, 3.63) is 28.8 Å². The smallest absolute Gasteiger partial charge is 0.139 e. The van der Waals surface area contributed by atoms with Crippen molar-refractivity contribution in [1.82, 2.24) is 0 Å². The maximum Gasteiger partial charge on any atom is 0.139 e. The largest absolute Gasteiger partial charge is 0.487 e. The van der Waals surface area contributed by atoms with Gasteiger partial charge >= 0.3 is 0 Å². The summed E-state index contributed by atoms with van der Waals surface area (Å²) in [5, 5.41) is 9.63. The molecule has 1 aromatic rings. The van der Waals surface area contributed by atoms with Gasteiger partial charge in [0.2, 0.25) is 0 Å². The molecule has 2 atom stereocenters. The SMILES string of the molecule is N#Cc1ccc(Cl)cc1OC1CCCCCC1N. The summed E-state index contributed by atoms with van der Waals surface area (Å²) in [5.74, 6) is 0.548. The molecule has 1 aromatic carbocycles. The van der Waals surface area contributed by atoms with Gasteiger partial charge in [-0.3, -0.25) is 0 Å². The van der Waals surface area contributed by atoms with Crippen molar-refractivity contribution in [1.29, 1.82) is 5.26 Å². The summed E-state index contributed by atoms with van der Waals surface area (Å²) < 4.78 is 5.92. The first-order chi connectivity index (χ1) is 8.70. The zero-order valence-corrected chi connectivity index (χ0v) is 11.0. The lowest BCUT2D eigenvalue weighted by Gasteiger charge is -2.23. The Morgan fingerprint density at radius 3 is 2.83 bits per heavy atom. The molecule has 18 heavy (non-hydrogen) atoms. The van der Waals surface area contributed by atoms with Crippen LogP contribution in [0.15, 0.2) is 18.2 Å². The lowest BCUT2D eigenvalue weighted by Crippen LogP contribution is -2.38. The predicted octanol–water partition coefficient (Wildman–Crippen LogP) is 3.25. The second-order valence-corrected chi connectivity index (χ2v) is 5.15. The Balaban J connectivity index is 2.17. The van der Waals surface area contributed by atoms with Gasteiger partial charge in [0.05, 0.1) is 5.56 Å². The molecule has 96 valence electrons. The molecule has 2 N–H and O–H groups in total. The van der Waals surface area contributed by atoms with E-state index in [9.17, 15) is 0 Å². The Kier molecular flexibility index (Phi) is 4.46. The van der Waals surface area contributed by atoms with Gasteiger partial charge in [-0.25, -0.2) is 0 Å². The van der Waals surface area contributed by atoms with Crippen LogP contribution >= 0.6 is 11.6 Å². The number of nitrogens with two attached hydrogens (primary N) is 1. The maximum absolute atomic E-state index is 9.06. The van der Waals surface area contributed by atoms with Gasteiger partial charge in [-0.05, 0) is 31.4 Å². The Bertz CT molecular complexity index is 456. The van der Waals surface area contributed by atoms with Gasteiger partial charge in [0.15, 0.2) is 0 Å². The highest BCUT2D eigenvalue weighted by atomic mass is 35.5. The van der Waals surface area contributed by atoms with Crippen LogP contribution in [0, 0.1) is 11.3 Å². The molecule has 0 aromatic heterocycles. The van der Waals surface area contributed by atoms with Crippen molar-refractivity contribution in [3.63, 3.8) is 0 Å². The Hall–Kier alpha value is -1.24. The zero-order chi connectivity index (χ0) is 13.0. The third-order valence-electron chi connectivity index (χ3n) is 3.35. The molecule has 0 radical (unpaired) electrons. The zero-order valence-electron chi connectivity index (χ0n) is 10.2. The molecule has 0 spiro atoms. The lowest BCUT2D eigenvalue weighted by molar-refractivity contribution is 0.162. The number of rotatable bonds is 2. The first-order valence-electron chi connectivity index (χ1n) is 6.32. The van der Waals surface area contributed by atoms with E-state index in [1.165, 1.54) is 6.42 Å². The van der Waals surface area contributed by atoms with Crippen LogP contribution in [0.3, 0.4) is 0 Å². The van der Waals surface area contributed by atoms with Crippen molar-refractivity contribution in [2.24, 2.45) is 5.73 Å². The highest BCUT2D eigenvalue weighted by Gasteiger charge is 2.23. The third-order valence-corrected chi connectivity index (χ3v) is 3.58. The molecule has 2 rings (SSSR count). The summed E-state index contributed by atoms with van der Waals surface area (Å²) in [6.45, 7) is 0. The quantitative estimate of drug-likeness (QED) is 0.834. The van der Waals surface area contributed by atoms with Gasteiger partial charge in [-0.15, -0.1) is 0 Å². The number of hydrogen-bond donors (Lipinski definition) is 1. The minimum atomic E-state index is -0.0157. The van der Waals surface area contributed by atoms with E-state index in [0.29, 0.717) is 16.3 Å². The number of benzene rings is 1. The van der Waals surface area contributed by atoms with E-state index in [1.807, 2.05) is 0 Å². The molecule has 0 amide bonds. The van der Waals surface area contributed by atoms with Crippen LogP contribution in [0.1, 0.15) is 37.7 Å². The number of nitriles is 1. The van der Waals surface area contributed by atoms with Crippen LogP contribution in [-0.4, -0.2) is 12.1 Å². The number of ether oxygens (including phenoxy) is 1. The van der Waals surface area contributed by atoms with E-state index in [1.54, 1.807) is 18.2 Å². The topological polar surface area (TPSA) is 59.0 Å². The van der Waals surface area contributed by atoms with E-state index in [0.717, 1.165) is 25.7 Å². The average Bonchev–Trinajstić information content (AvgIpc) is 2.55. The molecule has 4 heteroatoms. The molecular weight excluding hydrogens is 248 g/mol. The summed E-state index contributed by atoms with van der Waals surface area (Å²) >= 11 is 5.94. The van der Waals surface area contributed by atoms with Crippen molar-refractivity contribution < 1.29 is 4.74 Å². The fraction of sp³-hybridized carbons (Fsp3) is 0.500. The normalized spacial score (nSPS) is 24.1. The molecule has 1 saturated carbocycles. The number of nitrogens with zero attached hydrogens (tertiary/aromatic N) is 1. The van der Waals surface area contributed by atoms with Crippen LogP contribution in [0.5, 0.6) is 5.75 Å². The van der Waals surface area contributed by atoms with E-state index >= 15 is 0 Å². The van der Waals surface area contributed by atoms with Crippen molar-refractivity contribution >= 4 is 11.6 Å². The minimum absolute atomic E-state index is 0.0157. The molecule has 0 heterocycles. The van der Waals surface area contributed by atoms with Crippen LogP contribution in [0.2, 0.25) is 5.02 Å². The molecule has 2 unspecified atom stereocenters. The standard InChI is InChI=1S/C14H17ClN2O/c15-11-7-6-10(9-16)14(8-11)18-13-5-3-1-2-4-12(13)17/h6-8,12-13H,1-5,17H2. The van der Waals surface area contributed by atoms with Gasteiger partial charge < -0.3 is 10.5 Å². The molecular formula is C14H17ClN2O. The average molecular weight is 265 g/mol. The van der Waals surface area contributed by atoms with Crippen LogP contribution < -0.4 is 10.5 Å². The fourth-order valence-corrected chi connectivity index (χ4v) is 2.46. The van der Waals surface area contributed by atoms with Gasteiger partial charge in [0, 0.05) is 17.1 Å². The second kappa shape index (κ2) is 6.08. The third kappa shape index (κ3) is 3.16. The van der Waals surface area contributed by atoms with Crippen LogP contribution in [0.4, 0.5) is 0 Å². The van der Waals surface area contributed by atoms with E-state index < -0.39 is 0 Å². The molecule has 0 saturated heterocycles. The molecule has 0 bridgehead atoms. The summed E-state index contributed by atoms with van der Waals surface area (Å²) in [6, 6.07) is 7.23. The Labute approximate surface area is 112 Å². The molecule has 1 fully saturated rings. The van der Waals surface area contributed by atoms with Crippen LogP contribution in [-0.2, 0) is 0 Å². The van der Waals surface area contributed by atoms with Crippen molar-refractivity contribution in [2.75, 3.05) is 0 Å². The summed E-state index contributed by atoms with van der Waals surface area (Å²) in [6.07, 6.45) is 5.39. The van der Waals surface area contributed by atoms with E-state index in [2.05, 4.69) is 6.07 Å². The first-order valence-corrected chi connectivity index (χ1v) is 6.70. The minimum Gasteiger partial charge on any atom is -0.487 e. The highest BCUT2D eigenvalue weighted by Crippen LogP contribution is 2.27. The Morgan fingerprint density at radius 1 is 1.28 bits per heavy atom. The molecule has 3 nitrogen and oxygen atoms in total. The van der Waals surface area contributed by atoms with Gasteiger partial charge in [0.25, 0.3) is 0 Å².